The largest absolute Gasteiger partial charge is 0.504 e. The summed E-state index contributed by atoms with van der Waals surface area (Å²) in [6.07, 6.45) is 1.73. The van der Waals surface area contributed by atoms with E-state index in [0.29, 0.717) is 33.9 Å². The molecule has 0 unspecified atom stereocenters. The predicted molar refractivity (Wildman–Crippen MR) is 108 cm³/mol. The molecular weight excluding hydrogens is 364 g/mol. The smallest absolute Gasteiger partial charge is 0.264 e. The first-order chi connectivity index (χ1) is 13.0. The van der Waals surface area contributed by atoms with Crippen LogP contribution in [0.4, 0.5) is 5.69 Å². The van der Waals surface area contributed by atoms with Crippen molar-refractivity contribution in [2.24, 2.45) is 4.99 Å². The van der Waals surface area contributed by atoms with Crippen LogP contribution in [0.25, 0.3) is 6.08 Å². The average molecular weight is 384 g/mol. The van der Waals surface area contributed by atoms with Crippen LogP contribution in [-0.2, 0) is 4.79 Å². The predicted octanol–water partition coefficient (Wildman–Crippen LogP) is 4.00. The summed E-state index contributed by atoms with van der Waals surface area (Å²) < 4.78 is 10.7. The number of aliphatic imine (C=N–C) groups is 1. The number of nitrogens with zero attached hydrogens (tertiary/aromatic N) is 1. The van der Waals surface area contributed by atoms with Crippen LogP contribution in [0.3, 0.4) is 0 Å². The van der Waals surface area contributed by atoms with Gasteiger partial charge in [0.25, 0.3) is 5.91 Å². The zero-order valence-corrected chi connectivity index (χ0v) is 16.1. The molecule has 0 radical (unpaired) electrons. The molecule has 3 rings (SSSR count). The summed E-state index contributed by atoms with van der Waals surface area (Å²) in [6, 6.07) is 10.6. The first-order valence-corrected chi connectivity index (χ1v) is 9.22. The van der Waals surface area contributed by atoms with E-state index in [-0.39, 0.29) is 11.7 Å². The van der Waals surface area contributed by atoms with Gasteiger partial charge in [0.05, 0.1) is 18.6 Å². The summed E-state index contributed by atoms with van der Waals surface area (Å²) in [5.74, 6) is 0.863. The zero-order chi connectivity index (χ0) is 19.4. The standard InChI is InChI=1S/C20H20N2O4S/c1-4-26-17-10-13(6-7-15(17)23)11-18-19(24)22-20(27-18)21-14-9-12(2)5-8-16(14)25-3/h5-11,23H,4H2,1-3H3,(H,21,22,24)/b18-11-. The topological polar surface area (TPSA) is 80.2 Å². The number of ether oxygens (including phenoxy) is 2. The maximum atomic E-state index is 12.3. The lowest BCUT2D eigenvalue weighted by Gasteiger charge is -2.06. The second kappa shape index (κ2) is 8.18. The van der Waals surface area contributed by atoms with E-state index in [4.69, 9.17) is 9.47 Å². The Labute approximate surface area is 161 Å². The number of nitrogens with one attached hydrogen (secondary N) is 1. The zero-order valence-electron chi connectivity index (χ0n) is 15.3. The molecule has 0 aliphatic carbocycles. The van der Waals surface area contributed by atoms with Crippen molar-refractivity contribution in [2.75, 3.05) is 13.7 Å². The number of methoxy groups -OCH3 is 1. The quantitative estimate of drug-likeness (QED) is 0.762. The van der Waals surface area contributed by atoms with Crippen molar-refractivity contribution >= 4 is 34.6 Å². The molecule has 2 aromatic carbocycles. The van der Waals surface area contributed by atoms with E-state index in [9.17, 15) is 9.90 Å². The highest BCUT2D eigenvalue weighted by atomic mass is 32.2. The Bertz CT molecular complexity index is 938. The van der Waals surface area contributed by atoms with Gasteiger partial charge in [0.15, 0.2) is 16.7 Å². The van der Waals surface area contributed by atoms with Crippen molar-refractivity contribution < 1.29 is 19.4 Å². The molecule has 6 nitrogen and oxygen atoms in total. The number of aryl methyl sites for hydroxylation is 1. The monoisotopic (exact) mass is 384 g/mol. The van der Waals surface area contributed by atoms with Crippen LogP contribution >= 0.6 is 11.8 Å². The minimum atomic E-state index is -0.226. The summed E-state index contributed by atoms with van der Waals surface area (Å²) >= 11 is 1.25. The molecule has 1 fully saturated rings. The number of amides is 1. The first kappa shape index (κ1) is 18.8. The average Bonchev–Trinajstić information content (AvgIpc) is 2.97. The van der Waals surface area contributed by atoms with Crippen molar-refractivity contribution in [2.45, 2.75) is 13.8 Å². The molecule has 1 heterocycles. The minimum Gasteiger partial charge on any atom is -0.504 e. The van der Waals surface area contributed by atoms with E-state index in [0.717, 1.165) is 11.1 Å². The van der Waals surface area contributed by atoms with E-state index in [1.165, 1.54) is 11.8 Å². The van der Waals surface area contributed by atoms with Gasteiger partial charge in [0.1, 0.15) is 11.4 Å². The number of phenolic OH excluding ortho intramolecular Hbond substituents is 1. The van der Waals surface area contributed by atoms with Crippen molar-refractivity contribution in [1.82, 2.24) is 5.32 Å². The summed E-state index contributed by atoms with van der Waals surface area (Å²) in [4.78, 5) is 17.3. The summed E-state index contributed by atoms with van der Waals surface area (Å²) in [5, 5.41) is 13.0. The molecule has 2 aromatic rings. The molecule has 1 aliphatic heterocycles. The lowest BCUT2D eigenvalue weighted by Crippen LogP contribution is -2.19. The fourth-order valence-electron chi connectivity index (χ4n) is 2.52. The van der Waals surface area contributed by atoms with Crippen molar-refractivity contribution in [1.29, 1.82) is 0 Å². The molecule has 0 bridgehead atoms. The number of hydrogen-bond donors (Lipinski definition) is 2. The Kier molecular flexibility index (Phi) is 5.71. The fraction of sp³-hybridized carbons (Fsp3) is 0.200. The summed E-state index contributed by atoms with van der Waals surface area (Å²) in [6.45, 7) is 4.25. The van der Waals surface area contributed by atoms with Gasteiger partial charge < -0.3 is 19.9 Å². The molecule has 7 heteroatoms. The second-order valence-electron chi connectivity index (χ2n) is 5.82. The number of aromatic hydroxyl groups is 1. The first-order valence-electron chi connectivity index (χ1n) is 8.40. The third kappa shape index (κ3) is 4.43. The molecule has 1 amide bonds. The third-order valence-electron chi connectivity index (χ3n) is 3.79. The number of hydrogen-bond acceptors (Lipinski definition) is 6. The summed E-state index contributed by atoms with van der Waals surface area (Å²) in [5.41, 5.74) is 2.46. The maximum absolute atomic E-state index is 12.3. The van der Waals surface area contributed by atoms with Gasteiger partial charge in [0.2, 0.25) is 0 Å². The molecule has 0 spiro atoms. The number of amidine groups is 1. The van der Waals surface area contributed by atoms with Gasteiger partial charge in [-0.25, -0.2) is 4.99 Å². The highest BCUT2D eigenvalue weighted by Gasteiger charge is 2.24. The van der Waals surface area contributed by atoms with Crippen molar-refractivity contribution in [3.8, 4) is 17.2 Å². The van der Waals surface area contributed by atoms with Crippen LogP contribution in [0.2, 0.25) is 0 Å². The van der Waals surface area contributed by atoms with Crippen LogP contribution in [-0.4, -0.2) is 29.9 Å². The molecule has 1 aliphatic rings. The van der Waals surface area contributed by atoms with Crippen LogP contribution in [0.15, 0.2) is 46.3 Å². The molecule has 1 saturated heterocycles. The number of phenols is 1. The van der Waals surface area contributed by atoms with Gasteiger partial charge in [0, 0.05) is 0 Å². The molecule has 140 valence electrons. The Hall–Kier alpha value is -2.93. The fourth-order valence-corrected chi connectivity index (χ4v) is 3.36. The van der Waals surface area contributed by atoms with Gasteiger partial charge in [-0.05, 0) is 67.1 Å². The number of benzene rings is 2. The number of rotatable bonds is 5. The highest BCUT2D eigenvalue weighted by molar-refractivity contribution is 8.18. The molecular formula is C20H20N2O4S. The van der Waals surface area contributed by atoms with E-state index < -0.39 is 0 Å². The number of thioether (sulfide) groups is 1. The Morgan fingerprint density at radius 1 is 1.22 bits per heavy atom. The summed E-state index contributed by atoms with van der Waals surface area (Å²) in [7, 11) is 1.58. The maximum Gasteiger partial charge on any atom is 0.264 e. The van der Waals surface area contributed by atoms with Gasteiger partial charge in [-0.2, -0.15) is 0 Å². The Morgan fingerprint density at radius 3 is 2.78 bits per heavy atom. The number of carbonyl (C=O) groups excluding carboxylic acids is 1. The second-order valence-corrected chi connectivity index (χ2v) is 6.85. The molecule has 2 N–H and O–H groups in total. The van der Waals surface area contributed by atoms with Gasteiger partial charge in [-0.15, -0.1) is 0 Å². The third-order valence-corrected chi connectivity index (χ3v) is 4.70. The van der Waals surface area contributed by atoms with Crippen molar-refractivity contribution in [3.63, 3.8) is 0 Å². The SMILES string of the molecule is CCOc1cc(/C=C2\SC(=Nc3cc(C)ccc3OC)NC2=O)ccc1O. The Morgan fingerprint density at radius 2 is 2.04 bits per heavy atom. The van der Waals surface area contributed by atoms with Crippen LogP contribution in [0.5, 0.6) is 17.2 Å². The van der Waals surface area contributed by atoms with E-state index >= 15 is 0 Å². The Balaban J connectivity index is 1.87. The lowest BCUT2D eigenvalue weighted by molar-refractivity contribution is -0.115. The molecule has 0 saturated carbocycles. The highest BCUT2D eigenvalue weighted by Crippen LogP contribution is 2.34. The van der Waals surface area contributed by atoms with Crippen LogP contribution < -0.4 is 14.8 Å². The molecule has 27 heavy (non-hydrogen) atoms. The van der Waals surface area contributed by atoms with Gasteiger partial charge in [-0.3, -0.25) is 4.79 Å². The molecule has 0 aromatic heterocycles. The molecule has 0 atom stereocenters. The van der Waals surface area contributed by atoms with E-state index in [1.54, 1.807) is 31.4 Å². The minimum absolute atomic E-state index is 0.0660. The van der Waals surface area contributed by atoms with E-state index in [1.807, 2.05) is 32.0 Å². The van der Waals surface area contributed by atoms with Crippen LogP contribution in [0, 0.1) is 6.92 Å². The number of carbonyl (C=O) groups is 1. The van der Waals surface area contributed by atoms with Crippen molar-refractivity contribution in [3.05, 3.63) is 52.4 Å². The van der Waals surface area contributed by atoms with E-state index in [2.05, 4.69) is 10.3 Å². The normalized spacial score (nSPS) is 16.6. The van der Waals surface area contributed by atoms with Gasteiger partial charge in [-0.1, -0.05) is 12.1 Å². The lowest BCUT2D eigenvalue weighted by atomic mass is 10.2. The van der Waals surface area contributed by atoms with Gasteiger partial charge >= 0.3 is 0 Å². The van der Waals surface area contributed by atoms with Crippen LogP contribution in [0.1, 0.15) is 18.1 Å².